The van der Waals surface area contributed by atoms with Crippen LogP contribution in [0.4, 0.5) is 10.5 Å². The first kappa shape index (κ1) is 26.3. The lowest BCUT2D eigenvalue weighted by molar-refractivity contribution is -0.123. The number of methoxy groups -OCH3 is 1. The summed E-state index contributed by atoms with van der Waals surface area (Å²) < 4.78 is 11.1. The van der Waals surface area contributed by atoms with Crippen molar-refractivity contribution in [1.82, 2.24) is 4.90 Å². The normalized spacial score (nSPS) is 14.3. The van der Waals surface area contributed by atoms with E-state index in [2.05, 4.69) is 5.32 Å². The van der Waals surface area contributed by atoms with Gasteiger partial charge in [0.2, 0.25) is 0 Å². The zero-order chi connectivity index (χ0) is 26.5. The van der Waals surface area contributed by atoms with E-state index in [1.165, 1.54) is 12.0 Å². The summed E-state index contributed by atoms with van der Waals surface area (Å²) in [7, 11) is 1.48. The van der Waals surface area contributed by atoms with E-state index in [-0.39, 0.29) is 30.2 Å². The number of aryl methyl sites for hydroxylation is 2. The fourth-order valence-corrected chi connectivity index (χ4v) is 4.67. The molecule has 7 nitrogen and oxygen atoms in total. The van der Waals surface area contributed by atoms with E-state index in [0.717, 1.165) is 28.5 Å². The Kier molecular flexibility index (Phi) is 8.21. The van der Waals surface area contributed by atoms with Crippen LogP contribution in [0.25, 0.3) is 6.08 Å². The van der Waals surface area contributed by atoms with Crippen LogP contribution in [-0.2, 0) is 16.1 Å². The van der Waals surface area contributed by atoms with Crippen LogP contribution in [0.5, 0.6) is 11.5 Å². The van der Waals surface area contributed by atoms with E-state index in [1.807, 2.05) is 44.2 Å². The first-order valence-corrected chi connectivity index (χ1v) is 12.6. The zero-order valence-corrected chi connectivity index (χ0v) is 22.1. The highest BCUT2D eigenvalue weighted by molar-refractivity contribution is 8.18. The molecule has 0 spiro atoms. The van der Waals surface area contributed by atoms with Crippen molar-refractivity contribution < 1.29 is 23.9 Å². The highest BCUT2D eigenvalue weighted by Gasteiger charge is 2.35. The van der Waals surface area contributed by atoms with Crippen LogP contribution < -0.4 is 14.8 Å². The number of amides is 3. The Hall–Kier alpha value is -3.75. The number of thioether (sulfide) groups is 1. The lowest BCUT2D eigenvalue weighted by atomic mass is 10.1. The largest absolute Gasteiger partial charge is 0.493 e. The van der Waals surface area contributed by atoms with E-state index in [0.29, 0.717) is 32.7 Å². The molecule has 1 aliphatic rings. The van der Waals surface area contributed by atoms with E-state index in [4.69, 9.17) is 21.1 Å². The van der Waals surface area contributed by atoms with Crippen molar-refractivity contribution in [2.24, 2.45) is 0 Å². The molecule has 9 heteroatoms. The molecule has 0 radical (unpaired) electrons. The fourth-order valence-electron chi connectivity index (χ4n) is 3.65. The minimum absolute atomic E-state index is 0.224. The van der Waals surface area contributed by atoms with Gasteiger partial charge in [-0.2, -0.15) is 0 Å². The molecule has 0 atom stereocenters. The van der Waals surface area contributed by atoms with Gasteiger partial charge >= 0.3 is 0 Å². The van der Waals surface area contributed by atoms with Gasteiger partial charge < -0.3 is 14.8 Å². The SMILES string of the molecule is COc1cc(/C=C2\SC(=O)N(Cc3ccccc3C)C2=O)ccc1OCC(=O)Nc1ccc(C)c(Cl)c1. The van der Waals surface area contributed by atoms with E-state index in [9.17, 15) is 14.4 Å². The number of benzene rings is 3. The second kappa shape index (κ2) is 11.5. The number of carbonyl (C=O) groups excluding carboxylic acids is 3. The lowest BCUT2D eigenvalue weighted by Gasteiger charge is -2.14. The van der Waals surface area contributed by atoms with Crippen molar-refractivity contribution >= 4 is 52.2 Å². The molecule has 3 aromatic rings. The van der Waals surface area contributed by atoms with Crippen molar-refractivity contribution in [3.63, 3.8) is 0 Å². The Labute approximate surface area is 224 Å². The fraction of sp³-hybridized carbons (Fsp3) is 0.179. The van der Waals surface area contributed by atoms with Crippen LogP contribution in [0.15, 0.2) is 65.6 Å². The summed E-state index contributed by atoms with van der Waals surface area (Å²) in [6.45, 7) is 3.81. The lowest BCUT2D eigenvalue weighted by Crippen LogP contribution is -2.27. The van der Waals surface area contributed by atoms with Crippen LogP contribution in [0, 0.1) is 13.8 Å². The highest BCUT2D eigenvalue weighted by atomic mass is 35.5. The molecule has 0 saturated carbocycles. The Bertz CT molecular complexity index is 1410. The second-order valence-electron chi connectivity index (χ2n) is 8.41. The van der Waals surface area contributed by atoms with Crippen molar-refractivity contribution in [3.8, 4) is 11.5 Å². The van der Waals surface area contributed by atoms with Crippen LogP contribution in [0.3, 0.4) is 0 Å². The third kappa shape index (κ3) is 6.34. The third-order valence-corrected chi connectivity index (χ3v) is 7.08. The number of carbonyl (C=O) groups is 3. The summed E-state index contributed by atoms with van der Waals surface area (Å²) >= 11 is 7.01. The Morgan fingerprint density at radius 3 is 2.54 bits per heavy atom. The molecule has 3 aromatic carbocycles. The van der Waals surface area contributed by atoms with Crippen LogP contribution in [-0.4, -0.2) is 35.7 Å². The third-order valence-electron chi connectivity index (χ3n) is 5.76. The predicted molar refractivity (Wildman–Crippen MR) is 146 cm³/mol. The van der Waals surface area contributed by atoms with Crippen molar-refractivity contribution in [2.45, 2.75) is 20.4 Å². The van der Waals surface area contributed by atoms with Gasteiger partial charge in [0, 0.05) is 10.7 Å². The molecule has 1 saturated heterocycles. The molecule has 1 fully saturated rings. The van der Waals surface area contributed by atoms with Crippen LogP contribution >= 0.6 is 23.4 Å². The predicted octanol–water partition coefficient (Wildman–Crippen LogP) is 6.22. The number of hydrogen-bond donors (Lipinski definition) is 1. The van der Waals surface area contributed by atoms with Gasteiger partial charge in [-0.15, -0.1) is 0 Å². The topological polar surface area (TPSA) is 84.9 Å². The number of nitrogens with one attached hydrogen (secondary N) is 1. The number of imide groups is 1. The summed E-state index contributed by atoms with van der Waals surface area (Å²) in [6, 6.07) is 18.0. The van der Waals surface area contributed by atoms with Gasteiger partial charge in [0.15, 0.2) is 18.1 Å². The zero-order valence-electron chi connectivity index (χ0n) is 20.5. The molecule has 190 valence electrons. The summed E-state index contributed by atoms with van der Waals surface area (Å²) in [5.41, 5.74) is 4.08. The van der Waals surface area contributed by atoms with Crippen molar-refractivity contribution in [2.75, 3.05) is 19.0 Å². The van der Waals surface area contributed by atoms with Crippen molar-refractivity contribution in [3.05, 3.63) is 92.8 Å². The van der Waals surface area contributed by atoms with E-state index < -0.39 is 0 Å². The van der Waals surface area contributed by atoms with Crippen LogP contribution in [0.1, 0.15) is 22.3 Å². The smallest absolute Gasteiger partial charge is 0.293 e. The summed E-state index contributed by atoms with van der Waals surface area (Å²) in [6.07, 6.45) is 1.64. The molecule has 37 heavy (non-hydrogen) atoms. The molecule has 0 aliphatic carbocycles. The Morgan fingerprint density at radius 1 is 1.03 bits per heavy atom. The monoisotopic (exact) mass is 536 g/mol. The van der Waals surface area contributed by atoms with Gasteiger partial charge in [0.05, 0.1) is 18.6 Å². The average Bonchev–Trinajstić information content (AvgIpc) is 3.13. The molecule has 1 N–H and O–H groups in total. The first-order valence-electron chi connectivity index (χ1n) is 11.4. The number of halogens is 1. The summed E-state index contributed by atoms with van der Waals surface area (Å²) in [5.74, 6) is 0.0577. The molecule has 0 bridgehead atoms. The molecule has 0 unspecified atom stereocenters. The molecule has 0 aromatic heterocycles. The Balaban J connectivity index is 1.42. The van der Waals surface area contributed by atoms with Crippen molar-refractivity contribution in [1.29, 1.82) is 0 Å². The minimum atomic E-state index is -0.353. The van der Waals surface area contributed by atoms with Gasteiger partial charge in [-0.05, 0) is 78.2 Å². The number of rotatable bonds is 8. The standard InChI is InChI=1S/C28H25ClN2O5S/c1-17-6-4-5-7-20(17)15-31-27(33)25(37-28(31)34)13-19-9-11-23(24(12-19)35-3)36-16-26(32)30-21-10-8-18(2)22(29)14-21/h4-14H,15-16H2,1-3H3,(H,30,32)/b25-13-. The molecule has 4 rings (SSSR count). The maximum absolute atomic E-state index is 12.9. The molecular weight excluding hydrogens is 512 g/mol. The van der Waals surface area contributed by atoms with Gasteiger partial charge in [0.25, 0.3) is 17.1 Å². The highest BCUT2D eigenvalue weighted by Crippen LogP contribution is 2.35. The van der Waals surface area contributed by atoms with E-state index in [1.54, 1.807) is 36.4 Å². The first-order chi connectivity index (χ1) is 17.7. The summed E-state index contributed by atoms with van der Waals surface area (Å²) in [5, 5.41) is 2.98. The molecule has 1 aliphatic heterocycles. The van der Waals surface area contributed by atoms with Gasteiger partial charge in [-0.1, -0.05) is 48.0 Å². The molecule has 1 heterocycles. The quantitative estimate of drug-likeness (QED) is 0.344. The number of ether oxygens (including phenoxy) is 2. The van der Waals surface area contributed by atoms with Gasteiger partial charge in [-0.25, -0.2) is 0 Å². The van der Waals surface area contributed by atoms with Gasteiger partial charge in [0.1, 0.15) is 0 Å². The number of hydrogen-bond acceptors (Lipinski definition) is 6. The minimum Gasteiger partial charge on any atom is -0.493 e. The molecule has 3 amide bonds. The average molecular weight is 537 g/mol. The number of nitrogens with zero attached hydrogens (tertiary/aromatic N) is 1. The van der Waals surface area contributed by atoms with Gasteiger partial charge in [-0.3, -0.25) is 19.3 Å². The Morgan fingerprint density at radius 2 is 1.81 bits per heavy atom. The number of anilines is 1. The second-order valence-corrected chi connectivity index (χ2v) is 9.81. The maximum atomic E-state index is 12.9. The summed E-state index contributed by atoms with van der Waals surface area (Å²) in [4.78, 5) is 39.4. The molecular formula is C28H25ClN2O5S. The maximum Gasteiger partial charge on any atom is 0.293 e. The van der Waals surface area contributed by atoms with E-state index >= 15 is 0 Å². The van der Waals surface area contributed by atoms with Crippen LogP contribution in [0.2, 0.25) is 5.02 Å².